The summed E-state index contributed by atoms with van der Waals surface area (Å²) in [5, 5.41) is 0. The fourth-order valence-corrected chi connectivity index (χ4v) is 3.23. The zero-order chi connectivity index (χ0) is 12.9. The van der Waals surface area contributed by atoms with Gasteiger partial charge in [0.25, 0.3) is 0 Å². The minimum atomic E-state index is -0.222. The minimum Gasteiger partial charge on any atom is -0.291 e. The van der Waals surface area contributed by atoms with Gasteiger partial charge >= 0.3 is 0 Å². The molecule has 0 radical (unpaired) electrons. The zero-order valence-corrected chi connectivity index (χ0v) is 11.3. The van der Waals surface area contributed by atoms with Crippen molar-refractivity contribution >= 4 is 16.3 Å². The van der Waals surface area contributed by atoms with Crippen molar-refractivity contribution in [3.8, 4) is 11.3 Å². The molecule has 2 nitrogen and oxygen atoms in total. The highest BCUT2D eigenvalue weighted by atomic mass is 32.1. The largest absolute Gasteiger partial charge is 0.291 e. The van der Waals surface area contributed by atoms with Crippen LogP contribution in [0.3, 0.4) is 0 Å². The van der Waals surface area contributed by atoms with E-state index in [1.807, 2.05) is 13.0 Å². The molecule has 3 rings (SSSR count). The van der Waals surface area contributed by atoms with E-state index in [0.29, 0.717) is 5.56 Å². The molecule has 0 saturated carbocycles. The molecular formula is C14H13FN2S. The van der Waals surface area contributed by atoms with Crippen LogP contribution in [0.2, 0.25) is 0 Å². The van der Waals surface area contributed by atoms with Crippen molar-refractivity contribution in [3.63, 3.8) is 0 Å². The van der Waals surface area contributed by atoms with Gasteiger partial charge in [-0.15, -0.1) is 11.3 Å². The highest BCUT2D eigenvalue weighted by Gasteiger charge is 2.17. The first kappa shape index (κ1) is 11.4. The molecule has 0 unspecified atom stereocenters. The van der Waals surface area contributed by atoms with E-state index >= 15 is 0 Å². The Balaban J connectivity index is 2.32. The fraction of sp³-hybridized carbons (Fsp3) is 0.214. The average molecular weight is 260 g/mol. The summed E-state index contributed by atoms with van der Waals surface area (Å²) in [5.41, 5.74) is 3.49. The molecule has 18 heavy (non-hydrogen) atoms. The van der Waals surface area contributed by atoms with Crippen molar-refractivity contribution in [1.29, 1.82) is 0 Å². The van der Waals surface area contributed by atoms with E-state index in [9.17, 15) is 4.39 Å². The molecule has 1 aromatic carbocycles. The predicted molar refractivity (Wildman–Crippen MR) is 72.7 cm³/mol. The SMILES string of the molecule is Cc1sc2nc(-c3ccccc3F)c(C)n2c1C. The summed E-state index contributed by atoms with van der Waals surface area (Å²) < 4.78 is 15.9. The van der Waals surface area contributed by atoms with Crippen molar-refractivity contribution in [2.75, 3.05) is 0 Å². The number of hydrogen-bond donors (Lipinski definition) is 0. The maximum absolute atomic E-state index is 13.8. The number of nitrogens with zero attached hydrogens (tertiary/aromatic N) is 2. The third-order valence-electron chi connectivity index (χ3n) is 3.30. The van der Waals surface area contributed by atoms with E-state index in [4.69, 9.17) is 0 Å². The summed E-state index contributed by atoms with van der Waals surface area (Å²) in [7, 11) is 0. The molecule has 0 aliphatic carbocycles. The molecule has 0 fully saturated rings. The van der Waals surface area contributed by atoms with Crippen LogP contribution in [0.5, 0.6) is 0 Å². The number of fused-ring (bicyclic) bond motifs is 1. The number of aromatic nitrogens is 2. The predicted octanol–water partition coefficient (Wildman–Crippen LogP) is 4.13. The Kier molecular flexibility index (Phi) is 2.48. The Morgan fingerprint density at radius 2 is 1.83 bits per heavy atom. The first-order chi connectivity index (χ1) is 8.59. The lowest BCUT2D eigenvalue weighted by atomic mass is 10.1. The number of thiazole rings is 1. The standard InChI is InChI=1S/C14H13FN2S/c1-8-10(3)18-14-16-13(9(2)17(8)14)11-6-4-5-7-12(11)15/h4-7H,1-3H3. The number of aryl methyl sites for hydroxylation is 3. The summed E-state index contributed by atoms with van der Waals surface area (Å²) >= 11 is 1.64. The maximum Gasteiger partial charge on any atom is 0.194 e. The van der Waals surface area contributed by atoms with Gasteiger partial charge in [-0.25, -0.2) is 9.37 Å². The maximum atomic E-state index is 13.8. The van der Waals surface area contributed by atoms with Crippen LogP contribution in [0.1, 0.15) is 16.3 Å². The van der Waals surface area contributed by atoms with Gasteiger partial charge in [-0.05, 0) is 32.9 Å². The van der Waals surface area contributed by atoms with Crippen LogP contribution in [0.25, 0.3) is 16.2 Å². The van der Waals surface area contributed by atoms with Crippen molar-refractivity contribution in [1.82, 2.24) is 9.38 Å². The molecule has 92 valence electrons. The highest BCUT2D eigenvalue weighted by molar-refractivity contribution is 7.17. The Labute approximate surface area is 109 Å². The summed E-state index contributed by atoms with van der Waals surface area (Å²) in [6.07, 6.45) is 0. The van der Waals surface area contributed by atoms with Crippen LogP contribution in [-0.4, -0.2) is 9.38 Å². The summed E-state index contributed by atoms with van der Waals surface area (Å²) in [5.74, 6) is -0.222. The van der Waals surface area contributed by atoms with Crippen LogP contribution in [0, 0.1) is 26.6 Å². The van der Waals surface area contributed by atoms with E-state index in [0.717, 1.165) is 16.3 Å². The Morgan fingerprint density at radius 3 is 2.50 bits per heavy atom. The van der Waals surface area contributed by atoms with E-state index in [1.54, 1.807) is 23.5 Å². The van der Waals surface area contributed by atoms with Gasteiger partial charge in [0.1, 0.15) is 5.82 Å². The van der Waals surface area contributed by atoms with Gasteiger partial charge < -0.3 is 0 Å². The van der Waals surface area contributed by atoms with Crippen molar-refractivity contribution in [2.24, 2.45) is 0 Å². The second kappa shape index (κ2) is 3.92. The van der Waals surface area contributed by atoms with Gasteiger partial charge in [-0.2, -0.15) is 0 Å². The second-order valence-corrected chi connectivity index (χ2v) is 5.57. The lowest BCUT2D eigenvalue weighted by Gasteiger charge is -2.01. The molecule has 0 aliphatic rings. The van der Waals surface area contributed by atoms with Crippen molar-refractivity contribution < 1.29 is 4.39 Å². The lowest BCUT2D eigenvalue weighted by Crippen LogP contribution is -1.91. The Hall–Kier alpha value is -1.68. The summed E-state index contributed by atoms with van der Waals surface area (Å²) in [6.45, 7) is 6.14. The van der Waals surface area contributed by atoms with Crippen LogP contribution >= 0.6 is 11.3 Å². The Morgan fingerprint density at radius 1 is 1.11 bits per heavy atom. The molecule has 2 aromatic heterocycles. The lowest BCUT2D eigenvalue weighted by molar-refractivity contribution is 0.630. The molecule has 0 spiro atoms. The number of benzene rings is 1. The topological polar surface area (TPSA) is 17.3 Å². The van der Waals surface area contributed by atoms with Crippen molar-refractivity contribution in [2.45, 2.75) is 20.8 Å². The number of imidazole rings is 1. The average Bonchev–Trinajstić information content (AvgIpc) is 2.79. The quantitative estimate of drug-likeness (QED) is 0.643. The third kappa shape index (κ3) is 1.49. The highest BCUT2D eigenvalue weighted by Crippen LogP contribution is 2.31. The van der Waals surface area contributed by atoms with Crippen LogP contribution in [0.15, 0.2) is 24.3 Å². The smallest absolute Gasteiger partial charge is 0.194 e. The van der Waals surface area contributed by atoms with Gasteiger partial charge in [-0.3, -0.25) is 4.40 Å². The van der Waals surface area contributed by atoms with E-state index in [1.165, 1.54) is 16.6 Å². The number of halogens is 1. The normalized spacial score (nSPS) is 11.3. The van der Waals surface area contributed by atoms with Gasteiger partial charge in [-0.1, -0.05) is 12.1 Å². The Bertz CT molecular complexity index is 740. The first-order valence-corrected chi connectivity index (χ1v) is 6.61. The molecule has 0 bridgehead atoms. The molecular weight excluding hydrogens is 247 g/mol. The number of rotatable bonds is 1. The zero-order valence-electron chi connectivity index (χ0n) is 10.5. The molecule has 2 heterocycles. The van der Waals surface area contributed by atoms with Gasteiger partial charge in [0, 0.05) is 21.8 Å². The number of hydrogen-bond acceptors (Lipinski definition) is 2. The minimum absolute atomic E-state index is 0.222. The molecule has 3 aromatic rings. The summed E-state index contributed by atoms with van der Waals surface area (Å²) in [4.78, 5) is 6.75. The van der Waals surface area contributed by atoms with Crippen LogP contribution < -0.4 is 0 Å². The van der Waals surface area contributed by atoms with E-state index in [2.05, 4.69) is 23.2 Å². The molecule has 4 heteroatoms. The second-order valence-electron chi connectivity index (χ2n) is 4.39. The van der Waals surface area contributed by atoms with Gasteiger partial charge in [0.15, 0.2) is 4.96 Å². The molecule has 0 amide bonds. The van der Waals surface area contributed by atoms with Crippen LogP contribution in [0.4, 0.5) is 4.39 Å². The first-order valence-electron chi connectivity index (χ1n) is 5.79. The monoisotopic (exact) mass is 260 g/mol. The van der Waals surface area contributed by atoms with Crippen LogP contribution in [-0.2, 0) is 0 Å². The molecule has 0 atom stereocenters. The van der Waals surface area contributed by atoms with Crippen molar-refractivity contribution in [3.05, 3.63) is 46.3 Å². The van der Waals surface area contributed by atoms with Gasteiger partial charge in [0.05, 0.1) is 5.69 Å². The molecule has 0 N–H and O–H groups in total. The van der Waals surface area contributed by atoms with E-state index in [-0.39, 0.29) is 5.82 Å². The third-order valence-corrected chi connectivity index (χ3v) is 4.35. The van der Waals surface area contributed by atoms with Gasteiger partial charge in [0.2, 0.25) is 0 Å². The molecule has 0 aliphatic heterocycles. The fourth-order valence-electron chi connectivity index (χ4n) is 2.22. The summed E-state index contributed by atoms with van der Waals surface area (Å²) in [6, 6.07) is 6.78. The molecule has 0 saturated heterocycles. The van der Waals surface area contributed by atoms with E-state index < -0.39 is 0 Å².